The van der Waals surface area contributed by atoms with Crippen LogP contribution in [0.15, 0.2) is 48.5 Å². The summed E-state index contributed by atoms with van der Waals surface area (Å²) in [4.78, 5) is 26.9. The van der Waals surface area contributed by atoms with E-state index in [0.29, 0.717) is 17.1 Å². The number of nitrogens with one attached hydrogen (secondary N) is 1. The maximum atomic E-state index is 14.2. The standard InChI is InChI=1S/C23H29FN2O4/c1-5-16(2)25-23(28)17(3)26(14-18-8-6-7-9-21(18)24)22(27)15-30-20-12-10-19(29-4)11-13-20/h6-13,16-17H,5,14-15H2,1-4H3,(H,25,28)/t16-,17-/m1/s1. The van der Waals surface area contributed by atoms with E-state index in [0.717, 1.165) is 6.42 Å². The van der Waals surface area contributed by atoms with Crippen LogP contribution in [0.2, 0.25) is 0 Å². The Balaban J connectivity index is 2.14. The molecule has 0 aliphatic heterocycles. The second-order valence-electron chi connectivity index (χ2n) is 7.07. The average Bonchev–Trinajstić information content (AvgIpc) is 2.76. The van der Waals surface area contributed by atoms with Crippen molar-refractivity contribution in [3.05, 3.63) is 59.9 Å². The van der Waals surface area contributed by atoms with Crippen LogP contribution >= 0.6 is 0 Å². The highest BCUT2D eigenvalue weighted by Crippen LogP contribution is 2.18. The van der Waals surface area contributed by atoms with Crippen molar-refractivity contribution >= 4 is 11.8 Å². The summed E-state index contributed by atoms with van der Waals surface area (Å²) >= 11 is 0. The Kier molecular flexibility index (Phi) is 8.65. The minimum absolute atomic E-state index is 0.0269. The first-order chi connectivity index (χ1) is 14.3. The molecule has 0 aliphatic carbocycles. The molecule has 7 heteroatoms. The summed E-state index contributed by atoms with van der Waals surface area (Å²) in [6, 6.07) is 12.2. The number of ether oxygens (including phenoxy) is 2. The van der Waals surface area contributed by atoms with Gasteiger partial charge >= 0.3 is 0 Å². The lowest BCUT2D eigenvalue weighted by Gasteiger charge is -2.29. The molecule has 0 unspecified atom stereocenters. The molecule has 0 fully saturated rings. The highest BCUT2D eigenvalue weighted by Gasteiger charge is 2.27. The molecule has 0 heterocycles. The summed E-state index contributed by atoms with van der Waals surface area (Å²) < 4.78 is 24.9. The Labute approximate surface area is 177 Å². The van der Waals surface area contributed by atoms with E-state index in [4.69, 9.17) is 9.47 Å². The van der Waals surface area contributed by atoms with Crippen LogP contribution in [0.3, 0.4) is 0 Å². The summed E-state index contributed by atoms with van der Waals surface area (Å²) in [5.41, 5.74) is 0.332. The second-order valence-corrected chi connectivity index (χ2v) is 7.07. The van der Waals surface area contributed by atoms with E-state index in [1.165, 1.54) is 11.0 Å². The van der Waals surface area contributed by atoms with Crippen LogP contribution in [0.1, 0.15) is 32.8 Å². The maximum absolute atomic E-state index is 14.2. The number of benzene rings is 2. The van der Waals surface area contributed by atoms with Crippen molar-refractivity contribution in [2.75, 3.05) is 13.7 Å². The van der Waals surface area contributed by atoms with E-state index in [-0.39, 0.29) is 25.1 Å². The van der Waals surface area contributed by atoms with Crippen LogP contribution in [0, 0.1) is 5.82 Å². The SMILES string of the molecule is CC[C@@H](C)NC(=O)[C@@H](C)N(Cc1ccccc1F)C(=O)COc1ccc(OC)cc1. The molecule has 2 aromatic carbocycles. The summed E-state index contributed by atoms with van der Waals surface area (Å²) in [7, 11) is 1.56. The van der Waals surface area contributed by atoms with Crippen molar-refractivity contribution in [3.63, 3.8) is 0 Å². The van der Waals surface area contributed by atoms with Gasteiger partial charge in [0.15, 0.2) is 6.61 Å². The van der Waals surface area contributed by atoms with Crippen molar-refractivity contribution in [1.82, 2.24) is 10.2 Å². The predicted molar refractivity (Wildman–Crippen MR) is 113 cm³/mol. The minimum Gasteiger partial charge on any atom is -0.497 e. The van der Waals surface area contributed by atoms with Gasteiger partial charge in [0, 0.05) is 18.2 Å². The van der Waals surface area contributed by atoms with Crippen molar-refractivity contribution in [3.8, 4) is 11.5 Å². The second kappa shape index (κ2) is 11.2. The molecule has 0 radical (unpaired) electrons. The van der Waals surface area contributed by atoms with Gasteiger partial charge in [0.1, 0.15) is 23.4 Å². The molecular weight excluding hydrogens is 387 g/mol. The number of rotatable bonds is 10. The van der Waals surface area contributed by atoms with Crippen molar-refractivity contribution < 1.29 is 23.5 Å². The maximum Gasteiger partial charge on any atom is 0.261 e. The molecule has 0 spiro atoms. The highest BCUT2D eigenvalue weighted by molar-refractivity contribution is 5.88. The molecule has 0 bridgehead atoms. The van der Waals surface area contributed by atoms with Crippen LogP contribution in [-0.2, 0) is 16.1 Å². The van der Waals surface area contributed by atoms with E-state index in [1.54, 1.807) is 56.5 Å². The van der Waals surface area contributed by atoms with Crippen LogP contribution in [0.5, 0.6) is 11.5 Å². The fraction of sp³-hybridized carbons (Fsp3) is 0.391. The molecule has 6 nitrogen and oxygen atoms in total. The zero-order chi connectivity index (χ0) is 22.1. The topological polar surface area (TPSA) is 67.9 Å². The Morgan fingerprint density at radius 2 is 1.70 bits per heavy atom. The molecule has 162 valence electrons. The number of amides is 2. The lowest BCUT2D eigenvalue weighted by molar-refractivity contribution is -0.142. The van der Waals surface area contributed by atoms with Gasteiger partial charge in [0.05, 0.1) is 7.11 Å². The summed E-state index contributed by atoms with van der Waals surface area (Å²) in [5, 5.41) is 2.87. The molecule has 0 saturated heterocycles. The predicted octanol–water partition coefficient (Wildman–Crippen LogP) is 3.55. The summed E-state index contributed by atoms with van der Waals surface area (Å²) in [6.45, 7) is 5.17. The number of hydrogen-bond acceptors (Lipinski definition) is 4. The van der Waals surface area contributed by atoms with Crippen LogP contribution in [0.4, 0.5) is 4.39 Å². The third-order valence-corrected chi connectivity index (χ3v) is 4.89. The molecule has 0 saturated carbocycles. The van der Waals surface area contributed by atoms with Gasteiger partial charge in [-0.1, -0.05) is 25.1 Å². The summed E-state index contributed by atoms with van der Waals surface area (Å²) in [6.07, 6.45) is 0.764. The smallest absolute Gasteiger partial charge is 0.261 e. The van der Waals surface area contributed by atoms with Gasteiger partial charge in [0.25, 0.3) is 5.91 Å². The Morgan fingerprint density at radius 3 is 2.30 bits per heavy atom. The monoisotopic (exact) mass is 416 g/mol. The first-order valence-corrected chi connectivity index (χ1v) is 9.95. The fourth-order valence-electron chi connectivity index (χ4n) is 2.76. The van der Waals surface area contributed by atoms with Crippen LogP contribution in [-0.4, -0.2) is 42.5 Å². The van der Waals surface area contributed by atoms with E-state index < -0.39 is 17.8 Å². The van der Waals surface area contributed by atoms with Gasteiger partial charge in [-0.25, -0.2) is 4.39 Å². The quantitative estimate of drug-likeness (QED) is 0.643. The number of nitrogens with zero attached hydrogens (tertiary/aromatic N) is 1. The third kappa shape index (κ3) is 6.47. The third-order valence-electron chi connectivity index (χ3n) is 4.89. The van der Waals surface area contributed by atoms with Crippen molar-refractivity contribution in [2.45, 2.75) is 45.8 Å². The molecular formula is C23H29FN2O4. The van der Waals surface area contributed by atoms with Gasteiger partial charge in [-0.3, -0.25) is 9.59 Å². The molecule has 0 aliphatic rings. The average molecular weight is 416 g/mol. The van der Waals surface area contributed by atoms with Crippen molar-refractivity contribution in [1.29, 1.82) is 0 Å². The number of carbonyl (C=O) groups is 2. The van der Waals surface area contributed by atoms with E-state index in [9.17, 15) is 14.0 Å². The van der Waals surface area contributed by atoms with E-state index in [2.05, 4.69) is 5.32 Å². The van der Waals surface area contributed by atoms with Crippen LogP contribution in [0.25, 0.3) is 0 Å². The highest BCUT2D eigenvalue weighted by atomic mass is 19.1. The molecule has 2 rings (SSSR count). The van der Waals surface area contributed by atoms with Crippen molar-refractivity contribution in [2.24, 2.45) is 0 Å². The Bertz CT molecular complexity index is 841. The molecule has 1 N–H and O–H groups in total. The summed E-state index contributed by atoms with van der Waals surface area (Å²) in [5.74, 6) is 0.0251. The lowest BCUT2D eigenvalue weighted by atomic mass is 10.1. The molecule has 2 aromatic rings. The normalized spacial score (nSPS) is 12.6. The van der Waals surface area contributed by atoms with Gasteiger partial charge in [-0.15, -0.1) is 0 Å². The number of methoxy groups -OCH3 is 1. The Morgan fingerprint density at radius 1 is 1.07 bits per heavy atom. The number of carbonyl (C=O) groups excluding carboxylic acids is 2. The van der Waals surface area contributed by atoms with E-state index in [1.807, 2.05) is 13.8 Å². The first kappa shape index (κ1) is 23.2. The zero-order valence-corrected chi connectivity index (χ0v) is 17.9. The van der Waals surface area contributed by atoms with Gasteiger partial charge in [0.2, 0.25) is 5.91 Å². The molecule has 2 atom stereocenters. The number of halogens is 1. The first-order valence-electron chi connectivity index (χ1n) is 9.95. The van der Waals surface area contributed by atoms with Gasteiger partial charge in [-0.2, -0.15) is 0 Å². The van der Waals surface area contributed by atoms with Gasteiger partial charge < -0.3 is 19.7 Å². The lowest BCUT2D eigenvalue weighted by Crippen LogP contribution is -2.50. The molecule has 2 amide bonds. The van der Waals surface area contributed by atoms with Gasteiger partial charge in [-0.05, 0) is 50.6 Å². The molecule has 30 heavy (non-hydrogen) atoms. The largest absolute Gasteiger partial charge is 0.497 e. The minimum atomic E-state index is -0.787. The molecule has 0 aromatic heterocycles. The fourth-order valence-corrected chi connectivity index (χ4v) is 2.76. The van der Waals surface area contributed by atoms with E-state index >= 15 is 0 Å². The Hall–Kier alpha value is -3.09. The number of hydrogen-bond donors (Lipinski definition) is 1. The van der Waals surface area contributed by atoms with Crippen LogP contribution < -0.4 is 14.8 Å². The zero-order valence-electron chi connectivity index (χ0n) is 17.9.